The predicted molar refractivity (Wildman–Crippen MR) is 274 cm³/mol. The van der Waals surface area contributed by atoms with E-state index in [4.69, 9.17) is 18.9 Å². The maximum atomic E-state index is 13.5. The van der Waals surface area contributed by atoms with Gasteiger partial charge in [0.05, 0.1) is 6.61 Å². The molecule has 0 aliphatic carbocycles. The quantitative estimate of drug-likeness (QED) is 0.0360. The number of aliphatic hydroxyl groups is 1. The van der Waals surface area contributed by atoms with Crippen molar-refractivity contribution in [2.75, 3.05) is 13.2 Å². The largest absolute Gasteiger partial charge is 0.462 e. The van der Waals surface area contributed by atoms with Crippen LogP contribution in [0.1, 0.15) is 310 Å². The molecule has 0 aromatic rings. The van der Waals surface area contributed by atoms with Crippen LogP contribution in [0.4, 0.5) is 0 Å². The van der Waals surface area contributed by atoms with Crippen molar-refractivity contribution in [1.82, 2.24) is 0 Å². The van der Waals surface area contributed by atoms with E-state index in [0.717, 1.165) is 77.0 Å². The second-order valence-corrected chi connectivity index (χ2v) is 19.6. The predicted octanol–water partition coefficient (Wildman–Crippen LogP) is 16.5. The lowest BCUT2D eigenvalue weighted by Gasteiger charge is -2.31. The number of carbonyl (C=O) groups is 4. The Kier molecular flexibility index (Phi) is 49.1. The van der Waals surface area contributed by atoms with Crippen molar-refractivity contribution < 1.29 is 43.2 Å². The van der Waals surface area contributed by atoms with Crippen LogP contribution < -0.4 is 0 Å². The van der Waals surface area contributed by atoms with E-state index in [2.05, 4.69) is 27.7 Å². The fourth-order valence-corrected chi connectivity index (χ4v) is 8.74. The molecule has 0 radical (unpaired) electrons. The van der Waals surface area contributed by atoms with Crippen LogP contribution in [0.5, 0.6) is 0 Å². The molecule has 0 saturated carbocycles. The summed E-state index contributed by atoms with van der Waals surface area (Å²) in [5.74, 6) is -1.93. The fourth-order valence-electron chi connectivity index (χ4n) is 8.74. The van der Waals surface area contributed by atoms with Crippen LogP contribution in [-0.2, 0) is 38.1 Å². The Morgan fingerprint density at radius 1 is 0.303 bits per heavy atom. The van der Waals surface area contributed by atoms with Crippen molar-refractivity contribution in [2.45, 2.75) is 329 Å². The van der Waals surface area contributed by atoms with E-state index in [-0.39, 0.29) is 32.3 Å². The van der Waals surface area contributed by atoms with Crippen molar-refractivity contribution in [3.63, 3.8) is 0 Å². The SMILES string of the molecule is CCCCCCCCCCCCC(=O)OC[C@H](OC(=O)CCCCCCCCCCCC)[C@@H](OC(=O)CCCCCCCCCCCC)[C@@H](CO)OC(=O)CCCCCCCCCCCC. The van der Waals surface area contributed by atoms with Gasteiger partial charge in [-0.3, -0.25) is 19.2 Å². The molecule has 66 heavy (non-hydrogen) atoms. The van der Waals surface area contributed by atoms with Crippen LogP contribution in [0.15, 0.2) is 0 Å². The van der Waals surface area contributed by atoms with Crippen LogP contribution in [0.25, 0.3) is 0 Å². The topological polar surface area (TPSA) is 125 Å². The molecule has 0 saturated heterocycles. The highest BCUT2D eigenvalue weighted by atomic mass is 16.6. The molecule has 0 heterocycles. The van der Waals surface area contributed by atoms with E-state index in [1.165, 1.54) is 154 Å². The Bertz CT molecular complexity index is 1080. The third-order valence-corrected chi connectivity index (χ3v) is 13.1. The molecule has 0 amide bonds. The first-order chi connectivity index (χ1) is 32.3. The molecule has 9 nitrogen and oxygen atoms in total. The average molecular weight is 937 g/mol. The van der Waals surface area contributed by atoms with Crippen LogP contribution in [0.3, 0.4) is 0 Å². The maximum Gasteiger partial charge on any atom is 0.306 e. The van der Waals surface area contributed by atoms with Gasteiger partial charge in [-0.25, -0.2) is 0 Å². The molecule has 390 valence electrons. The van der Waals surface area contributed by atoms with Crippen LogP contribution in [0, 0.1) is 0 Å². The molecule has 0 unspecified atom stereocenters. The molecule has 9 heteroatoms. The number of carbonyl (C=O) groups excluding carboxylic acids is 4. The van der Waals surface area contributed by atoms with Gasteiger partial charge in [0.25, 0.3) is 0 Å². The van der Waals surface area contributed by atoms with Crippen molar-refractivity contribution in [3.8, 4) is 0 Å². The Balaban J connectivity index is 5.67. The zero-order chi connectivity index (χ0) is 48.4. The number of hydrogen-bond acceptors (Lipinski definition) is 9. The van der Waals surface area contributed by atoms with Crippen LogP contribution in [-0.4, -0.2) is 60.5 Å². The van der Waals surface area contributed by atoms with Gasteiger partial charge in [-0.1, -0.05) is 259 Å². The molecule has 0 rings (SSSR count). The minimum absolute atomic E-state index is 0.148. The zero-order valence-corrected chi connectivity index (χ0v) is 44.0. The van der Waals surface area contributed by atoms with E-state index >= 15 is 0 Å². The molecule has 0 aliphatic rings. The van der Waals surface area contributed by atoms with Gasteiger partial charge in [-0.05, 0) is 25.7 Å². The van der Waals surface area contributed by atoms with Crippen molar-refractivity contribution in [1.29, 1.82) is 0 Å². The number of unbranched alkanes of at least 4 members (excludes halogenated alkanes) is 36. The number of esters is 4. The maximum absolute atomic E-state index is 13.5. The van der Waals surface area contributed by atoms with Crippen molar-refractivity contribution >= 4 is 23.9 Å². The molecule has 0 aliphatic heterocycles. The van der Waals surface area contributed by atoms with E-state index < -0.39 is 48.8 Å². The Labute approximate surface area is 407 Å². The van der Waals surface area contributed by atoms with E-state index in [9.17, 15) is 24.3 Å². The number of hydrogen-bond donors (Lipinski definition) is 1. The molecule has 0 fully saturated rings. The summed E-state index contributed by atoms with van der Waals surface area (Å²) in [6, 6.07) is 0. The molecule has 0 aromatic heterocycles. The second kappa shape index (κ2) is 50.7. The fraction of sp³-hybridized carbons (Fsp3) is 0.930. The summed E-state index contributed by atoms with van der Waals surface area (Å²) in [5.41, 5.74) is 0. The van der Waals surface area contributed by atoms with Crippen LogP contribution in [0.2, 0.25) is 0 Å². The highest BCUT2D eigenvalue weighted by Gasteiger charge is 2.39. The summed E-state index contributed by atoms with van der Waals surface area (Å²) in [6.45, 7) is 7.92. The Morgan fingerprint density at radius 3 is 0.803 bits per heavy atom. The Morgan fingerprint density at radius 2 is 0.530 bits per heavy atom. The number of ether oxygens (including phenoxy) is 4. The zero-order valence-electron chi connectivity index (χ0n) is 44.0. The summed E-state index contributed by atoms with van der Waals surface area (Å²) >= 11 is 0. The molecule has 1 N–H and O–H groups in total. The average Bonchev–Trinajstić information content (AvgIpc) is 3.31. The first kappa shape index (κ1) is 63.8. The summed E-state index contributed by atoms with van der Waals surface area (Å²) in [5, 5.41) is 10.7. The van der Waals surface area contributed by atoms with Gasteiger partial charge in [0.15, 0.2) is 18.3 Å². The molecule has 3 atom stereocenters. The standard InChI is InChI=1S/C57H108O9/c1-5-9-13-17-21-25-29-33-37-41-45-53(59)63-50-52(65-55(61)47-43-39-35-31-27-23-19-15-11-7-3)57(66-56(62)48-44-40-36-32-28-24-20-16-12-8-4)51(49-58)64-54(60)46-42-38-34-30-26-22-18-14-10-6-2/h51-52,57-58H,5-50H2,1-4H3/t51-,52+,57+/m1/s1. The van der Waals surface area contributed by atoms with Crippen molar-refractivity contribution in [3.05, 3.63) is 0 Å². The molecular weight excluding hydrogens is 829 g/mol. The Hall–Kier alpha value is -2.16. The van der Waals surface area contributed by atoms with Gasteiger partial charge in [-0.15, -0.1) is 0 Å². The summed E-state index contributed by atoms with van der Waals surface area (Å²) < 4.78 is 23.6. The monoisotopic (exact) mass is 937 g/mol. The van der Waals surface area contributed by atoms with E-state index in [0.29, 0.717) is 25.7 Å². The van der Waals surface area contributed by atoms with Gasteiger partial charge >= 0.3 is 23.9 Å². The lowest BCUT2D eigenvalue weighted by Crippen LogP contribution is -2.49. The third-order valence-electron chi connectivity index (χ3n) is 13.1. The lowest BCUT2D eigenvalue weighted by molar-refractivity contribution is -0.195. The van der Waals surface area contributed by atoms with E-state index in [1.807, 2.05) is 0 Å². The highest BCUT2D eigenvalue weighted by molar-refractivity contribution is 5.72. The molecule has 0 spiro atoms. The smallest absolute Gasteiger partial charge is 0.306 e. The van der Waals surface area contributed by atoms with E-state index in [1.54, 1.807) is 0 Å². The molecular formula is C57H108O9. The number of rotatable bonds is 52. The van der Waals surface area contributed by atoms with Gasteiger partial charge in [-0.2, -0.15) is 0 Å². The van der Waals surface area contributed by atoms with Gasteiger partial charge in [0, 0.05) is 25.7 Å². The first-order valence-electron chi connectivity index (χ1n) is 28.7. The minimum Gasteiger partial charge on any atom is -0.462 e. The van der Waals surface area contributed by atoms with Crippen LogP contribution >= 0.6 is 0 Å². The van der Waals surface area contributed by atoms with Gasteiger partial charge in [0.2, 0.25) is 0 Å². The molecule has 0 aromatic carbocycles. The summed E-state index contributed by atoms with van der Waals surface area (Å²) in [4.78, 5) is 53.3. The summed E-state index contributed by atoms with van der Waals surface area (Å²) in [6.07, 6.45) is 42.2. The van der Waals surface area contributed by atoms with Gasteiger partial charge in [0.1, 0.15) is 6.61 Å². The minimum atomic E-state index is -1.33. The first-order valence-corrected chi connectivity index (χ1v) is 28.7. The molecule has 0 bridgehead atoms. The normalized spacial score (nSPS) is 12.7. The summed E-state index contributed by atoms with van der Waals surface area (Å²) in [7, 11) is 0. The highest BCUT2D eigenvalue weighted by Crippen LogP contribution is 2.21. The number of aliphatic hydroxyl groups excluding tert-OH is 1. The van der Waals surface area contributed by atoms with Gasteiger partial charge < -0.3 is 24.1 Å². The second-order valence-electron chi connectivity index (χ2n) is 19.6. The van der Waals surface area contributed by atoms with Crippen molar-refractivity contribution in [2.24, 2.45) is 0 Å². The third kappa shape index (κ3) is 43.1. The lowest BCUT2D eigenvalue weighted by atomic mass is 10.1.